The molecular formula is C18H17ClN4OS. The van der Waals surface area contributed by atoms with Gasteiger partial charge in [-0.25, -0.2) is 10.4 Å². The van der Waals surface area contributed by atoms with Gasteiger partial charge in [-0.15, -0.1) is 0 Å². The number of aromatic nitrogens is 2. The van der Waals surface area contributed by atoms with E-state index < -0.39 is 0 Å². The van der Waals surface area contributed by atoms with E-state index in [1.807, 2.05) is 54.1 Å². The maximum atomic E-state index is 12.1. The third-order valence-corrected chi connectivity index (χ3v) is 5.05. The average Bonchev–Trinajstić information content (AvgIpc) is 2.94. The van der Waals surface area contributed by atoms with E-state index in [1.54, 1.807) is 13.0 Å². The number of thioether (sulfide) groups is 1. The highest BCUT2D eigenvalue weighted by Gasteiger charge is 2.10. The van der Waals surface area contributed by atoms with Crippen LogP contribution in [0.4, 0.5) is 0 Å². The maximum Gasteiger partial charge on any atom is 0.250 e. The fourth-order valence-corrected chi connectivity index (χ4v) is 3.43. The van der Waals surface area contributed by atoms with Crippen LogP contribution >= 0.6 is 23.4 Å². The van der Waals surface area contributed by atoms with Crippen LogP contribution in [0.25, 0.3) is 11.0 Å². The third-order valence-electron chi connectivity index (χ3n) is 3.69. The van der Waals surface area contributed by atoms with Crippen LogP contribution in [-0.4, -0.2) is 26.9 Å². The van der Waals surface area contributed by atoms with Gasteiger partial charge in [0.2, 0.25) is 0 Å². The molecule has 0 saturated carbocycles. The Morgan fingerprint density at radius 3 is 2.72 bits per heavy atom. The summed E-state index contributed by atoms with van der Waals surface area (Å²) < 4.78 is 1.98. The van der Waals surface area contributed by atoms with Gasteiger partial charge in [0.05, 0.1) is 22.5 Å². The van der Waals surface area contributed by atoms with Crippen molar-refractivity contribution in [1.29, 1.82) is 0 Å². The van der Waals surface area contributed by atoms with E-state index in [0.717, 1.165) is 21.8 Å². The molecule has 0 spiro atoms. The first kappa shape index (κ1) is 17.5. The molecule has 1 heterocycles. The molecule has 0 bridgehead atoms. The Bertz CT molecular complexity index is 951. The molecule has 0 unspecified atom stereocenters. The van der Waals surface area contributed by atoms with Crippen molar-refractivity contribution in [2.75, 3.05) is 5.75 Å². The number of imidazole rings is 1. The summed E-state index contributed by atoms with van der Waals surface area (Å²) in [4.78, 5) is 16.6. The molecule has 25 heavy (non-hydrogen) atoms. The monoisotopic (exact) mass is 372 g/mol. The summed E-state index contributed by atoms with van der Waals surface area (Å²) in [5.74, 6) is 0.0414. The first-order chi connectivity index (χ1) is 12.1. The van der Waals surface area contributed by atoms with Crippen molar-refractivity contribution >= 4 is 46.0 Å². The molecular weight excluding hydrogens is 356 g/mol. The van der Waals surface area contributed by atoms with E-state index in [2.05, 4.69) is 15.5 Å². The van der Waals surface area contributed by atoms with Gasteiger partial charge in [0, 0.05) is 17.6 Å². The van der Waals surface area contributed by atoms with Gasteiger partial charge in [-0.2, -0.15) is 5.10 Å². The first-order valence-electron chi connectivity index (χ1n) is 7.68. The zero-order chi connectivity index (χ0) is 17.8. The number of rotatable bonds is 5. The number of para-hydroxylation sites is 2. The molecule has 0 aliphatic rings. The lowest BCUT2D eigenvalue weighted by Crippen LogP contribution is -2.21. The summed E-state index contributed by atoms with van der Waals surface area (Å²) in [6.45, 7) is 1.81. The second-order valence-corrected chi connectivity index (χ2v) is 6.79. The van der Waals surface area contributed by atoms with Gasteiger partial charge >= 0.3 is 0 Å². The molecule has 0 atom stereocenters. The number of fused-ring (bicyclic) bond motifs is 1. The third kappa shape index (κ3) is 4.03. The molecule has 1 aromatic heterocycles. The van der Waals surface area contributed by atoms with E-state index in [4.69, 9.17) is 11.6 Å². The Hall–Kier alpha value is -2.31. The molecule has 0 fully saturated rings. The number of amides is 1. The molecule has 1 N–H and O–H groups in total. The number of hydrogen-bond donors (Lipinski definition) is 1. The second kappa shape index (κ2) is 7.72. The molecule has 0 saturated heterocycles. The van der Waals surface area contributed by atoms with Gasteiger partial charge in [-0.3, -0.25) is 4.79 Å². The standard InChI is InChI=1S/C18H17ClN4OS/c1-12(13-7-3-4-8-14(13)19)21-22-17(24)11-25-18-20-15-9-5-6-10-16(15)23(18)2/h3-10H,11H2,1-2H3,(H,22,24)/b21-12+. The van der Waals surface area contributed by atoms with Crippen molar-refractivity contribution < 1.29 is 4.79 Å². The highest BCUT2D eigenvalue weighted by Crippen LogP contribution is 2.22. The number of carbonyl (C=O) groups excluding carboxylic acids is 1. The van der Waals surface area contributed by atoms with E-state index in [1.165, 1.54) is 11.8 Å². The highest BCUT2D eigenvalue weighted by atomic mass is 35.5. The molecule has 5 nitrogen and oxygen atoms in total. The number of hydrogen-bond acceptors (Lipinski definition) is 4. The largest absolute Gasteiger partial charge is 0.322 e. The smallest absolute Gasteiger partial charge is 0.250 e. The Morgan fingerprint density at radius 1 is 1.24 bits per heavy atom. The summed E-state index contributed by atoms with van der Waals surface area (Å²) >= 11 is 7.50. The van der Waals surface area contributed by atoms with Crippen molar-refractivity contribution in [3.63, 3.8) is 0 Å². The number of nitrogens with one attached hydrogen (secondary N) is 1. The highest BCUT2D eigenvalue weighted by molar-refractivity contribution is 7.99. The summed E-state index contributed by atoms with van der Waals surface area (Å²) in [7, 11) is 1.94. The number of hydrazone groups is 1. The Labute approximate surface area is 155 Å². The average molecular weight is 373 g/mol. The van der Waals surface area contributed by atoms with Crippen LogP contribution in [0.3, 0.4) is 0 Å². The van der Waals surface area contributed by atoms with Crippen LogP contribution in [0.1, 0.15) is 12.5 Å². The van der Waals surface area contributed by atoms with Gasteiger partial charge in [-0.1, -0.05) is 53.7 Å². The van der Waals surface area contributed by atoms with Crippen molar-refractivity contribution in [2.24, 2.45) is 12.1 Å². The molecule has 7 heteroatoms. The quantitative estimate of drug-likeness (QED) is 0.420. The van der Waals surface area contributed by atoms with Crippen LogP contribution < -0.4 is 5.43 Å². The lowest BCUT2D eigenvalue weighted by atomic mass is 10.1. The van der Waals surface area contributed by atoms with Gasteiger partial charge in [0.25, 0.3) is 5.91 Å². The van der Waals surface area contributed by atoms with Gasteiger partial charge < -0.3 is 4.57 Å². The van der Waals surface area contributed by atoms with Crippen LogP contribution in [0.2, 0.25) is 5.02 Å². The van der Waals surface area contributed by atoms with Gasteiger partial charge in [-0.05, 0) is 25.1 Å². The van der Waals surface area contributed by atoms with E-state index in [-0.39, 0.29) is 11.7 Å². The number of benzene rings is 2. The van der Waals surface area contributed by atoms with Crippen LogP contribution in [0.15, 0.2) is 58.8 Å². The van der Waals surface area contributed by atoms with E-state index in [0.29, 0.717) is 10.7 Å². The maximum absolute atomic E-state index is 12.1. The summed E-state index contributed by atoms with van der Waals surface area (Å²) in [5.41, 5.74) is 5.98. The molecule has 0 aliphatic heterocycles. The Morgan fingerprint density at radius 2 is 1.96 bits per heavy atom. The van der Waals surface area contributed by atoms with Crippen molar-refractivity contribution in [3.05, 3.63) is 59.1 Å². The summed E-state index contributed by atoms with van der Waals surface area (Å²) in [6, 6.07) is 15.3. The summed E-state index contributed by atoms with van der Waals surface area (Å²) in [5, 5.41) is 5.52. The molecule has 1 amide bonds. The lowest BCUT2D eigenvalue weighted by Gasteiger charge is -2.05. The molecule has 3 aromatic rings. The minimum atomic E-state index is -0.191. The van der Waals surface area contributed by atoms with Crippen molar-refractivity contribution in [1.82, 2.24) is 15.0 Å². The van der Waals surface area contributed by atoms with Gasteiger partial charge in [0.15, 0.2) is 5.16 Å². The first-order valence-corrected chi connectivity index (χ1v) is 9.05. The van der Waals surface area contributed by atoms with Gasteiger partial charge in [0.1, 0.15) is 0 Å². The van der Waals surface area contributed by atoms with Crippen molar-refractivity contribution in [3.8, 4) is 0 Å². The fraction of sp³-hybridized carbons (Fsp3) is 0.167. The molecule has 0 radical (unpaired) electrons. The number of carbonyl (C=O) groups is 1. The SMILES string of the molecule is C/C(=N\NC(=O)CSc1nc2ccccc2n1C)c1ccccc1Cl. The molecule has 128 valence electrons. The topological polar surface area (TPSA) is 59.3 Å². The molecule has 2 aromatic carbocycles. The van der Waals surface area contributed by atoms with Crippen LogP contribution in [0.5, 0.6) is 0 Å². The number of nitrogens with zero attached hydrogens (tertiary/aromatic N) is 3. The van der Waals surface area contributed by atoms with E-state index >= 15 is 0 Å². The minimum Gasteiger partial charge on any atom is -0.322 e. The number of aryl methyl sites for hydroxylation is 1. The lowest BCUT2D eigenvalue weighted by molar-refractivity contribution is -0.118. The zero-order valence-electron chi connectivity index (χ0n) is 13.9. The molecule has 0 aliphatic carbocycles. The summed E-state index contributed by atoms with van der Waals surface area (Å²) in [6.07, 6.45) is 0. The fourth-order valence-electron chi connectivity index (χ4n) is 2.38. The Balaban J connectivity index is 1.62. The Kier molecular flexibility index (Phi) is 5.40. The minimum absolute atomic E-state index is 0.191. The van der Waals surface area contributed by atoms with Crippen molar-refractivity contribution in [2.45, 2.75) is 12.1 Å². The zero-order valence-corrected chi connectivity index (χ0v) is 15.4. The predicted molar refractivity (Wildman–Crippen MR) is 103 cm³/mol. The van der Waals surface area contributed by atoms with Crippen LogP contribution in [0, 0.1) is 0 Å². The number of halogens is 1. The second-order valence-electron chi connectivity index (χ2n) is 5.44. The van der Waals surface area contributed by atoms with Crippen LogP contribution in [-0.2, 0) is 11.8 Å². The predicted octanol–water partition coefficient (Wildman–Crippen LogP) is 3.86. The molecule has 3 rings (SSSR count). The van der Waals surface area contributed by atoms with E-state index in [9.17, 15) is 4.79 Å². The normalized spacial score (nSPS) is 11.7.